The number of aromatic nitrogens is 1. The third kappa shape index (κ3) is 4.70. The summed E-state index contributed by atoms with van der Waals surface area (Å²) < 4.78 is 0. The van der Waals surface area contributed by atoms with E-state index in [0.29, 0.717) is 19.4 Å². The third-order valence-corrected chi connectivity index (χ3v) is 4.39. The van der Waals surface area contributed by atoms with Crippen molar-refractivity contribution < 1.29 is 9.90 Å². The van der Waals surface area contributed by atoms with Gasteiger partial charge in [-0.1, -0.05) is 48.5 Å². The molecular weight excluding hydrogens is 324 g/mol. The van der Waals surface area contributed by atoms with Gasteiger partial charge >= 0.3 is 0 Å². The second-order valence-electron chi connectivity index (χ2n) is 6.19. The molecular formula is C22H22N2O2. The highest BCUT2D eigenvalue weighted by Gasteiger charge is 2.20. The highest BCUT2D eigenvalue weighted by atomic mass is 16.3. The zero-order valence-electron chi connectivity index (χ0n) is 14.5. The summed E-state index contributed by atoms with van der Waals surface area (Å²) in [4.78, 5) is 16.9. The molecule has 0 bridgehead atoms. The predicted molar refractivity (Wildman–Crippen MR) is 102 cm³/mol. The summed E-state index contributed by atoms with van der Waals surface area (Å²) in [6, 6.07) is 20.9. The first-order chi connectivity index (χ1) is 12.7. The SMILES string of the molecule is O=C(NCCc1ccccc1O)C(Cc1ccncc1)c1ccccc1. The molecule has 0 aliphatic rings. The molecule has 4 nitrogen and oxygen atoms in total. The van der Waals surface area contributed by atoms with Crippen molar-refractivity contribution in [3.63, 3.8) is 0 Å². The van der Waals surface area contributed by atoms with E-state index in [1.54, 1.807) is 24.5 Å². The summed E-state index contributed by atoms with van der Waals surface area (Å²) in [5.41, 5.74) is 2.90. The maximum absolute atomic E-state index is 12.8. The van der Waals surface area contributed by atoms with Crippen LogP contribution in [-0.4, -0.2) is 22.5 Å². The smallest absolute Gasteiger partial charge is 0.227 e. The number of hydrogen-bond acceptors (Lipinski definition) is 3. The van der Waals surface area contributed by atoms with Crippen LogP contribution in [0.5, 0.6) is 5.75 Å². The molecule has 1 amide bonds. The van der Waals surface area contributed by atoms with Gasteiger partial charge in [0.05, 0.1) is 5.92 Å². The summed E-state index contributed by atoms with van der Waals surface area (Å²) in [5.74, 6) is -0.00968. The topological polar surface area (TPSA) is 62.2 Å². The molecule has 4 heteroatoms. The van der Waals surface area contributed by atoms with Crippen molar-refractivity contribution in [2.24, 2.45) is 0 Å². The summed E-state index contributed by atoms with van der Waals surface area (Å²) in [6.45, 7) is 0.482. The molecule has 3 rings (SSSR count). The van der Waals surface area contributed by atoms with Crippen LogP contribution in [0.3, 0.4) is 0 Å². The quantitative estimate of drug-likeness (QED) is 0.688. The van der Waals surface area contributed by atoms with E-state index in [1.807, 2.05) is 54.6 Å². The van der Waals surface area contributed by atoms with E-state index in [9.17, 15) is 9.90 Å². The number of nitrogens with one attached hydrogen (secondary N) is 1. The van der Waals surface area contributed by atoms with E-state index in [4.69, 9.17) is 0 Å². The van der Waals surface area contributed by atoms with E-state index in [0.717, 1.165) is 16.7 Å². The molecule has 1 unspecified atom stereocenters. The Bertz CT molecular complexity index is 835. The second-order valence-corrected chi connectivity index (χ2v) is 6.19. The van der Waals surface area contributed by atoms with Gasteiger partial charge in [-0.2, -0.15) is 0 Å². The second kappa shape index (κ2) is 8.81. The zero-order chi connectivity index (χ0) is 18.2. The minimum absolute atomic E-state index is 0.0107. The Kier molecular flexibility index (Phi) is 5.99. The Labute approximate surface area is 153 Å². The van der Waals surface area contributed by atoms with Crippen LogP contribution >= 0.6 is 0 Å². The number of carbonyl (C=O) groups excluding carboxylic acids is 1. The van der Waals surface area contributed by atoms with E-state index in [1.165, 1.54) is 0 Å². The molecule has 1 aromatic heterocycles. The van der Waals surface area contributed by atoms with Crippen molar-refractivity contribution >= 4 is 5.91 Å². The van der Waals surface area contributed by atoms with E-state index >= 15 is 0 Å². The van der Waals surface area contributed by atoms with E-state index in [-0.39, 0.29) is 17.6 Å². The molecule has 0 spiro atoms. The molecule has 132 valence electrons. The number of benzene rings is 2. The average molecular weight is 346 g/mol. The normalized spacial score (nSPS) is 11.7. The highest BCUT2D eigenvalue weighted by Crippen LogP contribution is 2.21. The lowest BCUT2D eigenvalue weighted by atomic mass is 9.91. The number of hydrogen-bond donors (Lipinski definition) is 2. The molecule has 0 radical (unpaired) electrons. The number of carbonyl (C=O) groups is 1. The monoisotopic (exact) mass is 346 g/mol. The fourth-order valence-electron chi connectivity index (χ4n) is 2.97. The number of amides is 1. The fourth-order valence-corrected chi connectivity index (χ4v) is 2.97. The van der Waals surface area contributed by atoms with Gasteiger partial charge in [-0.15, -0.1) is 0 Å². The lowest BCUT2D eigenvalue weighted by Crippen LogP contribution is -2.32. The molecule has 1 heterocycles. The van der Waals surface area contributed by atoms with Gasteiger partial charge < -0.3 is 10.4 Å². The average Bonchev–Trinajstić information content (AvgIpc) is 2.69. The van der Waals surface area contributed by atoms with Gasteiger partial charge in [-0.25, -0.2) is 0 Å². The molecule has 2 N–H and O–H groups in total. The van der Waals surface area contributed by atoms with Crippen LogP contribution in [0, 0.1) is 0 Å². The molecule has 3 aromatic rings. The molecule has 1 atom stereocenters. The molecule has 0 aliphatic carbocycles. The molecule has 2 aromatic carbocycles. The first kappa shape index (κ1) is 17.7. The predicted octanol–water partition coefficient (Wildman–Crippen LogP) is 3.47. The number of aromatic hydroxyl groups is 1. The van der Waals surface area contributed by atoms with Crippen LogP contribution in [-0.2, 0) is 17.6 Å². The molecule has 26 heavy (non-hydrogen) atoms. The lowest BCUT2D eigenvalue weighted by Gasteiger charge is -2.17. The van der Waals surface area contributed by atoms with Gasteiger partial charge in [-0.3, -0.25) is 9.78 Å². The Balaban J connectivity index is 1.68. The summed E-state index contributed by atoms with van der Waals surface area (Å²) in [6.07, 6.45) is 4.70. The Hall–Kier alpha value is -3.14. The van der Waals surface area contributed by atoms with Crippen LogP contribution in [0.25, 0.3) is 0 Å². The first-order valence-corrected chi connectivity index (χ1v) is 8.72. The van der Waals surface area contributed by atoms with Gasteiger partial charge in [0.2, 0.25) is 5.91 Å². The van der Waals surface area contributed by atoms with E-state index < -0.39 is 0 Å². The zero-order valence-corrected chi connectivity index (χ0v) is 14.5. The van der Waals surface area contributed by atoms with Crippen LogP contribution in [0.1, 0.15) is 22.6 Å². The standard InChI is InChI=1S/C22H22N2O2/c25-21-9-5-4-8-19(21)12-15-24-22(26)20(18-6-2-1-3-7-18)16-17-10-13-23-14-11-17/h1-11,13-14,20,25H,12,15-16H2,(H,24,26). The summed E-state index contributed by atoms with van der Waals surface area (Å²) >= 11 is 0. The number of para-hydroxylation sites is 1. The van der Waals surface area contributed by atoms with Crippen molar-refractivity contribution in [2.45, 2.75) is 18.8 Å². The first-order valence-electron chi connectivity index (χ1n) is 8.72. The largest absolute Gasteiger partial charge is 0.508 e. The number of nitrogens with zero attached hydrogens (tertiary/aromatic N) is 1. The van der Waals surface area contributed by atoms with Crippen LogP contribution < -0.4 is 5.32 Å². The Morgan fingerprint density at radius 1 is 0.962 bits per heavy atom. The van der Waals surface area contributed by atoms with Gasteiger partial charge in [0, 0.05) is 18.9 Å². The minimum Gasteiger partial charge on any atom is -0.508 e. The third-order valence-electron chi connectivity index (χ3n) is 4.39. The highest BCUT2D eigenvalue weighted by molar-refractivity contribution is 5.84. The fraction of sp³-hybridized carbons (Fsp3) is 0.182. The summed E-state index contributed by atoms with van der Waals surface area (Å²) in [7, 11) is 0. The lowest BCUT2D eigenvalue weighted by molar-refractivity contribution is -0.122. The number of pyridine rings is 1. The molecule has 0 fully saturated rings. The Morgan fingerprint density at radius 2 is 1.65 bits per heavy atom. The van der Waals surface area contributed by atoms with Crippen molar-refractivity contribution in [1.29, 1.82) is 0 Å². The molecule has 0 saturated carbocycles. The minimum atomic E-state index is -0.261. The summed E-state index contributed by atoms with van der Waals surface area (Å²) in [5, 5.41) is 12.9. The number of phenols is 1. The van der Waals surface area contributed by atoms with Crippen LogP contribution in [0.15, 0.2) is 79.1 Å². The van der Waals surface area contributed by atoms with Crippen LogP contribution in [0.2, 0.25) is 0 Å². The number of rotatable bonds is 7. The molecule has 0 saturated heterocycles. The van der Waals surface area contributed by atoms with Gasteiger partial charge in [0.25, 0.3) is 0 Å². The van der Waals surface area contributed by atoms with Gasteiger partial charge in [0.1, 0.15) is 5.75 Å². The maximum Gasteiger partial charge on any atom is 0.227 e. The van der Waals surface area contributed by atoms with Crippen molar-refractivity contribution in [3.05, 3.63) is 95.8 Å². The van der Waals surface area contributed by atoms with E-state index in [2.05, 4.69) is 10.3 Å². The van der Waals surface area contributed by atoms with Crippen molar-refractivity contribution in [1.82, 2.24) is 10.3 Å². The molecule has 0 aliphatic heterocycles. The van der Waals surface area contributed by atoms with Gasteiger partial charge in [-0.05, 0) is 47.7 Å². The number of phenolic OH excluding ortho intramolecular Hbond substituents is 1. The van der Waals surface area contributed by atoms with Crippen molar-refractivity contribution in [3.8, 4) is 5.75 Å². The van der Waals surface area contributed by atoms with Crippen LogP contribution in [0.4, 0.5) is 0 Å². The maximum atomic E-state index is 12.8. The van der Waals surface area contributed by atoms with Crippen molar-refractivity contribution in [2.75, 3.05) is 6.54 Å². The van der Waals surface area contributed by atoms with Gasteiger partial charge in [0.15, 0.2) is 0 Å². The Morgan fingerprint density at radius 3 is 2.38 bits per heavy atom.